The van der Waals surface area contributed by atoms with Gasteiger partial charge < -0.3 is 10.1 Å². The molecule has 1 saturated heterocycles. The lowest BCUT2D eigenvalue weighted by Gasteiger charge is -2.17. The first-order valence-electron chi connectivity index (χ1n) is 8.91. The molecule has 1 heterocycles. The van der Waals surface area contributed by atoms with Crippen molar-refractivity contribution in [3.05, 3.63) is 64.1 Å². The van der Waals surface area contributed by atoms with Gasteiger partial charge in [0.2, 0.25) is 5.91 Å². The number of hydrogen-bond acceptors (Lipinski definition) is 5. The van der Waals surface area contributed by atoms with Gasteiger partial charge in [-0.1, -0.05) is 35.3 Å². The first-order valence-corrected chi connectivity index (χ1v) is 9.67. The van der Waals surface area contributed by atoms with Crippen LogP contribution in [-0.2, 0) is 19.1 Å². The molecule has 0 aliphatic carbocycles. The Labute approximate surface area is 182 Å². The summed E-state index contributed by atoms with van der Waals surface area (Å²) in [6.07, 6.45) is -0.133. The molecule has 2 N–H and O–H groups in total. The van der Waals surface area contributed by atoms with Crippen molar-refractivity contribution in [2.24, 2.45) is 5.92 Å². The third-order valence-electron chi connectivity index (χ3n) is 4.29. The van der Waals surface area contributed by atoms with Crippen LogP contribution in [0.15, 0.2) is 48.5 Å². The molecule has 0 saturated carbocycles. The largest absolute Gasteiger partial charge is 0.455 e. The van der Waals surface area contributed by atoms with Crippen molar-refractivity contribution < 1.29 is 23.9 Å². The number of anilines is 1. The molecule has 3 amide bonds. The number of carbonyl (C=O) groups is 4. The number of benzene rings is 2. The predicted octanol–water partition coefficient (Wildman–Crippen LogP) is 2.67. The lowest BCUT2D eigenvalue weighted by Crippen LogP contribution is -2.43. The Morgan fingerprint density at radius 1 is 1.07 bits per heavy atom. The molecule has 0 radical (unpaired) electrons. The van der Waals surface area contributed by atoms with Gasteiger partial charge in [-0.25, -0.2) is 0 Å². The van der Waals surface area contributed by atoms with Crippen molar-refractivity contribution in [2.75, 3.05) is 18.5 Å². The Kier molecular flexibility index (Phi) is 6.91. The number of nitrogens with zero attached hydrogens (tertiary/aromatic N) is 1. The second-order valence-corrected chi connectivity index (χ2v) is 7.33. The minimum atomic E-state index is -0.795. The molecule has 0 aromatic heterocycles. The topological polar surface area (TPSA) is 105 Å². The molecular weight excluding hydrogens is 433 g/mol. The second kappa shape index (κ2) is 9.60. The Morgan fingerprint density at radius 3 is 2.47 bits per heavy atom. The number of nitrogens with one attached hydrogen (secondary N) is 2. The highest BCUT2D eigenvalue weighted by Crippen LogP contribution is 2.21. The summed E-state index contributed by atoms with van der Waals surface area (Å²) in [5.41, 5.74) is 3.16. The smallest absolute Gasteiger partial charge is 0.311 e. The maximum Gasteiger partial charge on any atom is 0.311 e. The van der Waals surface area contributed by atoms with Crippen LogP contribution in [0.25, 0.3) is 0 Å². The highest BCUT2D eigenvalue weighted by atomic mass is 35.5. The van der Waals surface area contributed by atoms with Crippen molar-refractivity contribution in [3.8, 4) is 0 Å². The average molecular weight is 450 g/mol. The molecule has 8 nitrogen and oxygen atoms in total. The zero-order chi connectivity index (χ0) is 21.7. The van der Waals surface area contributed by atoms with E-state index in [1.807, 2.05) is 0 Å². The van der Waals surface area contributed by atoms with E-state index in [0.717, 1.165) is 5.01 Å². The summed E-state index contributed by atoms with van der Waals surface area (Å²) < 4.78 is 5.00. The summed E-state index contributed by atoms with van der Waals surface area (Å²) in [6, 6.07) is 12.8. The maximum absolute atomic E-state index is 12.2. The normalized spacial score (nSPS) is 15.6. The predicted molar refractivity (Wildman–Crippen MR) is 110 cm³/mol. The molecular formula is C20H17Cl2N3O5. The fourth-order valence-corrected chi connectivity index (χ4v) is 3.07. The van der Waals surface area contributed by atoms with Gasteiger partial charge in [0.05, 0.1) is 23.2 Å². The number of amides is 3. The van der Waals surface area contributed by atoms with Crippen molar-refractivity contribution in [1.82, 2.24) is 10.4 Å². The number of esters is 1. The average Bonchev–Trinajstić information content (AvgIpc) is 3.09. The lowest BCUT2D eigenvalue weighted by atomic mass is 10.1. The number of hydrazine groups is 1. The summed E-state index contributed by atoms with van der Waals surface area (Å²) in [4.78, 5) is 48.5. The van der Waals surface area contributed by atoms with E-state index in [4.69, 9.17) is 27.9 Å². The first kappa shape index (κ1) is 21.6. The van der Waals surface area contributed by atoms with E-state index in [-0.39, 0.29) is 13.0 Å². The molecule has 1 fully saturated rings. The number of hydrogen-bond donors (Lipinski definition) is 2. The number of para-hydroxylation sites is 1. The van der Waals surface area contributed by atoms with Crippen molar-refractivity contribution in [3.63, 3.8) is 0 Å². The van der Waals surface area contributed by atoms with Crippen LogP contribution in [0.1, 0.15) is 16.8 Å². The molecule has 156 valence electrons. The van der Waals surface area contributed by atoms with E-state index in [0.29, 0.717) is 21.3 Å². The van der Waals surface area contributed by atoms with Gasteiger partial charge >= 0.3 is 5.97 Å². The van der Waals surface area contributed by atoms with E-state index in [1.165, 1.54) is 12.1 Å². The standard InChI is InChI=1S/C20H17Cl2N3O5/c21-14-7-5-12(6-8-14)19(28)24-25-10-13(9-18(25)27)20(29)30-11-17(26)23-16-4-2-1-3-15(16)22/h1-8,13H,9-11H2,(H,23,26)(H,24,28)/t13-/m1/s1. The van der Waals surface area contributed by atoms with Crippen LogP contribution >= 0.6 is 23.2 Å². The number of ether oxygens (including phenoxy) is 1. The SMILES string of the molecule is O=C(COC(=O)[C@@H]1CC(=O)N(NC(=O)c2ccc(Cl)cc2)C1)Nc1ccccc1Cl. The summed E-state index contributed by atoms with van der Waals surface area (Å²) in [5.74, 6) is -3.00. The summed E-state index contributed by atoms with van der Waals surface area (Å²) in [7, 11) is 0. The first-order chi connectivity index (χ1) is 14.3. The van der Waals surface area contributed by atoms with Gasteiger partial charge in [0.1, 0.15) is 0 Å². The third kappa shape index (κ3) is 5.49. The lowest BCUT2D eigenvalue weighted by molar-refractivity contribution is -0.151. The quantitative estimate of drug-likeness (QED) is 0.659. The highest BCUT2D eigenvalue weighted by molar-refractivity contribution is 6.33. The van der Waals surface area contributed by atoms with Gasteiger partial charge in [0.15, 0.2) is 6.61 Å². The van der Waals surface area contributed by atoms with Crippen molar-refractivity contribution >= 4 is 52.6 Å². The molecule has 2 aromatic rings. The Hall–Kier alpha value is -3.10. The van der Waals surface area contributed by atoms with E-state index in [1.54, 1.807) is 36.4 Å². The van der Waals surface area contributed by atoms with Gasteiger partial charge in [-0.15, -0.1) is 0 Å². The number of halogens is 2. The van der Waals surface area contributed by atoms with E-state index in [9.17, 15) is 19.2 Å². The van der Waals surface area contributed by atoms with Crippen LogP contribution in [0.2, 0.25) is 10.0 Å². The number of rotatable bonds is 6. The van der Waals surface area contributed by atoms with Crippen LogP contribution in [-0.4, -0.2) is 41.9 Å². The van der Waals surface area contributed by atoms with Gasteiger partial charge in [-0.2, -0.15) is 0 Å². The van der Waals surface area contributed by atoms with Crippen LogP contribution in [0.4, 0.5) is 5.69 Å². The highest BCUT2D eigenvalue weighted by Gasteiger charge is 2.36. The van der Waals surface area contributed by atoms with Gasteiger partial charge in [0.25, 0.3) is 11.8 Å². The summed E-state index contributed by atoms with van der Waals surface area (Å²) in [5, 5.41) is 4.42. The van der Waals surface area contributed by atoms with Crippen LogP contribution < -0.4 is 10.7 Å². The van der Waals surface area contributed by atoms with Gasteiger partial charge in [0, 0.05) is 17.0 Å². The minimum Gasteiger partial charge on any atom is -0.455 e. The monoisotopic (exact) mass is 449 g/mol. The molecule has 1 aliphatic rings. The van der Waals surface area contributed by atoms with Gasteiger partial charge in [-0.05, 0) is 36.4 Å². The molecule has 10 heteroatoms. The Balaban J connectivity index is 1.48. The van der Waals surface area contributed by atoms with Crippen LogP contribution in [0, 0.1) is 5.92 Å². The molecule has 30 heavy (non-hydrogen) atoms. The van der Waals surface area contributed by atoms with E-state index in [2.05, 4.69) is 10.7 Å². The fraction of sp³-hybridized carbons (Fsp3) is 0.200. The molecule has 0 spiro atoms. The van der Waals surface area contributed by atoms with E-state index < -0.39 is 36.2 Å². The zero-order valence-corrected chi connectivity index (χ0v) is 17.1. The summed E-state index contributed by atoms with van der Waals surface area (Å²) >= 11 is 11.7. The third-order valence-corrected chi connectivity index (χ3v) is 4.88. The van der Waals surface area contributed by atoms with Crippen LogP contribution in [0.5, 0.6) is 0 Å². The zero-order valence-electron chi connectivity index (χ0n) is 15.6. The van der Waals surface area contributed by atoms with E-state index >= 15 is 0 Å². The van der Waals surface area contributed by atoms with Crippen LogP contribution in [0.3, 0.4) is 0 Å². The molecule has 2 aromatic carbocycles. The molecule has 1 atom stereocenters. The number of carbonyl (C=O) groups excluding carboxylic acids is 4. The Bertz CT molecular complexity index is 981. The molecule has 1 aliphatic heterocycles. The van der Waals surface area contributed by atoms with Crippen molar-refractivity contribution in [2.45, 2.75) is 6.42 Å². The Morgan fingerprint density at radius 2 is 1.77 bits per heavy atom. The molecule has 0 unspecified atom stereocenters. The summed E-state index contributed by atoms with van der Waals surface area (Å²) in [6.45, 7) is -0.574. The minimum absolute atomic E-state index is 0.0525. The van der Waals surface area contributed by atoms with Gasteiger partial charge in [-0.3, -0.25) is 29.6 Å². The molecule has 0 bridgehead atoms. The fourth-order valence-electron chi connectivity index (χ4n) is 2.77. The van der Waals surface area contributed by atoms with Crippen molar-refractivity contribution in [1.29, 1.82) is 0 Å². The maximum atomic E-state index is 12.2. The second-order valence-electron chi connectivity index (χ2n) is 6.49. The molecule has 3 rings (SSSR count).